The summed E-state index contributed by atoms with van der Waals surface area (Å²) in [5, 5.41) is 15.9. The van der Waals surface area contributed by atoms with E-state index in [2.05, 4.69) is 20.4 Å². The Hall–Kier alpha value is -3.95. The SMILES string of the molecule is Cc1nc2cc(CNC(=O)c3cc(C(=O)O)n4nc(N)cc4n3)ccc2o1. The van der Waals surface area contributed by atoms with E-state index < -0.39 is 11.9 Å². The second-order valence-electron chi connectivity index (χ2n) is 5.89. The van der Waals surface area contributed by atoms with Gasteiger partial charge in [0.1, 0.15) is 17.0 Å². The summed E-state index contributed by atoms with van der Waals surface area (Å²) >= 11 is 0. The zero-order chi connectivity index (χ0) is 19.1. The number of hydrogen-bond acceptors (Lipinski definition) is 7. The molecule has 4 aromatic rings. The summed E-state index contributed by atoms with van der Waals surface area (Å²) < 4.78 is 6.49. The maximum atomic E-state index is 12.4. The molecule has 3 heterocycles. The van der Waals surface area contributed by atoms with Crippen molar-refractivity contribution in [2.45, 2.75) is 13.5 Å². The third kappa shape index (κ3) is 3.03. The van der Waals surface area contributed by atoms with E-state index in [0.29, 0.717) is 17.0 Å². The monoisotopic (exact) mass is 366 g/mol. The maximum Gasteiger partial charge on any atom is 0.354 e. The Kier molecular flexibility index (Phi) is 3.73. The summed E-state index contributed by atoms with van der Waals surface area (Å²) in [7, 11) is 0. The van der Waals surface area contributed by atoms with Gasteiger partial charge >= 0.3 is 5.97 Å². The van der Waals surface area contributed by atoms with Crippen LogP contribution in [0.3, 0.4) is 0 Å². The summed E-state index contributed by atoms with van der Waals surface area (Å²) in [5.41, 5.74) is 7.69. The number of carbonyl (C=O) groups excluding carboxylic acids is 1. The molecular weight excluding hydrogens is 352 g/mol. The highest BCUT2D eigenvalue weighted by Crippen LogP contribution is 2.17. The molecule has 4 N–H and O–H groups in total. The fourth-order valence-electron chi connectivity index (χ4n) is 2.73. The largest absolute Gasteiger partial charge is 0.477 e. The van der Waals surface area contributed by atoms with Gasteiger partial charge in [0.2, 0.25) is 0 Å². The molecule has 0 saturated carbocycles. The number of benzene rings is 1. The number of amides is 1. The van der Waals surface area contributed by atoms with Crippen LogP contribution < -0.4 is 11.1 Å². The van der Waals surface area contributed by atoms with Gasteiger partial charge in [0, 0.05) is 25.6 Å². The molecule has 3 aromatic heterocycles. The summed E-state index contributed by atoms with van der Waals surface area (Å²) in [6, 6.07) is 7.94. The number of hydrogen-bond donors (Lipinski definition) is 3. The Labute approximate surface area is 151 Å². The number of carboxylic acids is 1. The molecular formula is C17H14N6O4. The molecule has 0 spiro atoms. The molecule has 0 aliphatic carbocycles. The van der Waals surface area contributed by atoms with Gasteiger partial charge in [-0.1, -0.05) is 6.07 Å². The van der Waals surface area contributed by atoms with Crippen molar-refractivity contribution in [2.24, 2.45) is 0 Å². The van der Waals surface area contributed by atoms with Crippen LogP contribution in [0.15, 0.2) is 34.7 Å². The van der Waals surface area contributed by atoms with Gasteiger partial charge in [-0.15, -0.1) is 5.10 Å². The van der Waals surface area contributed by atoms with Crippen molar-refractivity contribution >= 4 is 34.4 Å². The number of carboxylic acid groups (broad SMARTS) is 1. The predicted molar refractivity (Wildman–Crippen MR) is 94.3 cm³/mol. The van der Waals surface area contributed by atoms with Crippen LogP contribution in [0.2, 0.25) is 0 Å². The van der Waals surface area contributed by atoms with Crippen LogP contribution in [0.1, 0.15) is 32.4 Å². The lowest BCUT2D eigenvalue weighted by Crippen LogP contribution is -2.25. The molecule has 0 fully saturated rings. The Balaban J connectivity index is 1.59. The van der Waals surface area contributed by atoms with Crippen LogP contribution in [0.4, 0.5) is 5.82 Å². The van der Waals surface area contributed by atoms with Crippen molar-refractivity contribution in [3.63, 3.8) is 0 Å². The molecule has 1 amide bonds. The van der Waals surface area contributed by atoms with Gasteiger partial charge in [-0.05, 0) is 17.7 Å². The van der Waals surface area contributed by atoms with Crippen LogP contribution >= 0.6 is 0 Å². The van der Waals surface area contributed by atoms with Crippen LogP contribution in [-0.2, 0) is 6.54 Å². The van der Waals surface area contributed by atoms with Crippen molar-refractivity contribution in [3.8, 4) is 0 Å². The molecule has 0 atom stereocenters. The first kappa shape index (κ1) is 16.5. The highest BCUT2D eigenvalue weighted by atomic mass is 16.4. The van der Waals surface area contributed by atoms with E-state index in [1.807, 2.05) is 12.1 Å². The second kappa shape index (κ2) is 6.09. The number of anilines is 1. The first-order chi connectivity index (χ1) is 12.9. The third-order valence-corrected chi connectivity index (χ3v) is 3.91. The molecule has 27 heavy (non-hydrogen) atoms. The zero-order valence-corrected chi connectivity index (χ0v) is 14.1. The quantitative estimate of drug-likeness (QED) is 0.490. The summed E-state index contributed by atoms with van der Waals surface area (Å²) in [5.74, 6) is -1.09. The number of nitrogens with one attached hydrogen (secondary N) is 1. The van der Waals surface area contributed by atoms with E-state index in [1.54, 1.807) is 13.0 Å². The van der Waals surface area contributed by atoms with Gasteiger partial charge in [0.15, 0.2) is 22.8 Å². The topological polar surface area (TPSA) is 149 Å². The molecule has 4 rings (SSSR count). The average Bonchev–Trinajstić information content (AvgIpc) is 3.18. The van der Waals surface area contributed by atoms with E-state index in [4.69, 9.17) is 10.2 Å². The number of aryl methyl sites for hydroxylation is 1. The summed E-state index contributed by atoms with van der Waals surface area (Å²) in [6.07, 6.45) is 0. The second-order valence-corrected chi connectivity index (χ2v) is 5.89. The van der Waals surface area contributed by atoms with E-state index in [1.165, 1.54) is 6.07 Å². The highest BCUT2D eigenvalue weighted by molar-refractivity contribution is 5.96. The fourth-order valence-corrected chi connectivity index (χ4v) is 2.73. The molecule has 0 aliphatic rings. The van der Waals surface area contributed by atoms with Crippen LogP contribution in [0.25, 0.3) is 16.7 Å². The molecule has 10 nitrogen and oxygen atoms in total. The van der Waals surface area contributed by atoms with Crippen LogP contribution in [-0.4, -0.2) is 36.6 Å². The van der Waals surface area contributed by atoms with Gasteiger partial charge in [-0.25, -0.2) is 19.3 Å². The van der Waals surface area contributed by atoms with E-state index in [0.717, 1.165) is 16.1 Å². The van der Waals surface area contributed by atoms with Crippen molar-refractivity contribution < 1.29 is 19.1 Å². The molecule has 1 aromatic carbocycles. The van der Waals surface area contributed by atoms with Crippen LogP contribution in [0, 0.1) is 6.92 Å². The Morgan fingerprint density at radius 2 is 2.07 bits per heavy atom. The molecule has 0 bridgehead atoms. The normalized spacial score (nSPS) is 11.1. The van der Waals surface area contributed by atoms with Gasteiger partial charge in [-0.3, -0.25) is 4.79 Å². The number of nitrogen functional groups attached to an aromatic ring is 1. The number of oxazole rings is 1. The smallest absolute Gasteiger partial charge is 0.354 e. The molecule has 10 heteroatoms. The molecule has 0 unspecified atom stereocenters. The van der Waals surface area contributed by atoms with Gasteiger partial charge in [-0.2, -0.15) is 0 Å². The Morgan fingerprint density at radius 3 is 2.85 bits per heavy atom. The van der Waals surface area contributed by atoms with Crippen molar-refractivity contribution in [3.05, 3.63) is 53.2 Å². The lowest BCUT2D eigenvalue weighted by Gasteiger charge is -2.07. The maximum absolute atomic E-state index is 12.4. The molecule has 136 valence electrons. The van der Waals surface area contributed by atoms with Crippen molar-refractivity contribution in [2.75, 3.05) is 5.73 Å². The lowest BCUT2D eigenvalue weighted by molar-refractivity contribution is 0.0687. The fraction of sp³-hybridized carbons (Fsp3) is 0.118. The molecule has 0 aliphatic heterocycles. The minimum atomic E-state index is -1.24. The standard InChI is InChI=1S/C17H14N6O4/c1-8-20-10-4-9(2-3-13(10)27-8)7-19-16(24)11-5-12(17(25)26)23-15(21-11)6-14(18)22-23/h2-6H,7H2,1H3,(H2,18,22)(H,19,24)(H,25,26). The Bertz CT molecular complexity index is 1210. The first-order valence-corrected chi connectivity index (χ1v) is 7.94. The molecule has 0 saturated heterocycles. The summed E-state index contributed by atoms with van der Waals surface area (Å²) in [4.78, 5) is 32.2. The van der Waals surface area contributed by atoms with E-state index in [9.17, 15) is 14.7 Å². The number of nitrogens with zero attached hydrogens (tertiary/aromatic N) is 4. The lowest BCUT2D eigenvalue weighted by atomic mass is 10.2. The number of aromatic nitrogens is 4. The number of fused-ring (bicyclic) bond motifs is 2. The number of nitrogens with two attached hydrogens (primary N) is 1. The number of carbonyl (C=O) groups is 2. The Morgan fingerprint density at radius 1 is 1.26 bits per heavy atom. The van der Waals surface area contributed by atoms with Gasteiger partial charge in [0.05, 0.1) is 0 Å². The highest BCUT2D eigenvalue weighted by Gasteiger charge is 2.17. The summed E-state index contributed by atoms with van der Waals surface area (Å²) in [6.45, 7) is 1.98. The van der Waals surface area contributed by atoms with E-state index in [-0.39, 0.29) is 29.4 Å². The third-order valence-electron chi connectivity index (χ3n) is 3.91. The zero-order valence-electron chi connectivity index (χ0n) is 14.1. The minimum Gasteiger partial charge on any atom is -0.477 e. The van der Waals surface area contributed by atoms with Crippen LogP contribution in [0.5, 0.6) is 0 Å². The first-order valence-electron chi connectivity index (χ1n) is 7.94. The van der Waals surface area contributed by atoms with Gasteiger partial charge < -0.3 is 20.6 Å². The number of aromatic carboxylic acids is 1. The van der Waals surface area contributed by atoms with Gasteiger partial charge in [0.25, 0.3) is 5.91 Å². The van der Waals surface area contributed by atoms with E-state index >= 15 is 0 Å². The van der Waals surface area contributed by atoms with Crippen molar-refractivity contribution in [1.82, 2.24) is 24.9 Å². The molecule has 0 radical (unpaired) electrons. The minimum absolute atomic E-state index is 0.0434. The average molecular weight is 366 g/mol. The van der Waals surface area contributed by atoms with Crippen molar-refractivity contribution in [1.29, 1.82) is 0 Å². The number of rotatable bonds is 4. The predicted octanol–water partition coefficient (Wildman–Crippen LogP) is 1.39.